The number of nitrogens with zero attached hydrogens (tertiary/aromatic N) is 4. The first-order chi connectivity index (χ1) is 27.8. The molecule has 4 nitrogen and oxygen atoms in total. The summed E-state index contributed by atoms with van der Waals surface area (Å²) in [7, 11) is 0. The van der Waals surface area contributed by atoms with Gasteiger partial charge in [0.25, 0.3) is 0 Å². The zero-order valence-corrected chi connectivity index (χ0v) is 30.1. The van der Waals surface area contributed by atoms with Crippen LogP contribution in [0.2, 0.25) is 0 Å². The van der Waals surface area contributed by atoms with Crippen LogP contribution >= 0.6 is 0 Å². The molecule has 0 atom stereocenters. The van der Waals surface area contributed by atoms with E-state index in [9.17, 15) is 0 Å². The van der Waals surface area contributed by atoms with Crippen LogP contribution in [0.1, 0.15) is 0 Å². The van der Waals surface area contributed by atoms with E-state index in [-0.39, 0.29) is 0 Å². The Morgan fingerprint density at radius 3 is 1.79 bits per heavy atom. The highest BCUT2D eigenvalue weighted by Gasteiger charge is 2.24. The van der Waals surface area contributed by atoms with E-state index in [1.54, 1.807) is 0 Å². The molecule has 9 aromatic carbocycles. The zero-order valence-electron chi connectivity index (χ0n) is 30.1. The number of aromatic nitrogens is 4. The van der Waals surface area contributed by atoms with Crippen molar-refractivity contribution >= 4 is 92.3 Å². The van der Waals surface area contributed by atoms with E-state index in [0.29, 0.717) is 5.95 Å². The minimum absolute atomic E-state index is 0.660. The van der Waals surface area contributed by atoms with Crippen molar-refractivity contribution in [2.24, 2.45) is 0 Å². The minimum Gasteiger partial charge on any atom is -0.308 e. The van der Waals surface area contributed by atoms with Crippen LogP contribution in [0.3, 0.4) is 0 Å². The fourth-order valence-electron chi connectivity index (χ4n) is 9.56. The molecule has 0 N–H and O–H groups in total. The Balaban J connectivity index is 1.17. The van der Waals surface area contributed by atoms with Gasteiger partial charge in [-0.2, -0.15) is 0 Å². The number of hydrogen-bond donors (Lipinski definition) is 0. The molecule has 0 fully saturated rings. The molecule has 0 unspecified atom stereocenters. The first kappa shape index (κ1) is 29.8. The molecule has 0 spiro atoms. The highest BCUT2D eigenvalue weighted by atomic mass is 15.2. The van der Waals surface area contributed by atoms with Crippen LogP contribution < -0.4 is 0 Å². The molecule has 0 radical (unpaired) electrons. The van der Waals surface area contributed by atoms with Gasteiger partial charge in [0, 0.05) is 43.3 Å². The lowest BCUT2D eigenvalue weighted by atomic mass is 9.99. The fourth-order valence-corrected chi connectivity index (χ4v) is 9.56. The first-order valence-electron chi connectivity index (χ1n) is 19.2. The van der Waals surface area contributed by atoms with E-state index in [1.807, 2.05) is 0 Å². The fraction of sp³-hybridized carbons (Fsp3) is 0. The molecule has 13 aromatic rings. The molecule has 4 heterocycles. The van der Waals surface area contributed by atoms with E-state index in [0.717, 1.165) is 44.0 Å². The predicted octanol–water partition coefficient (Wildman–Crippen LogP) is 13.5. The zero-order chi connectivity index (χ0) is 36.5. The van der Waals surface area contributed by atoms with Crippen LogP contribution in [0.15, 0.2) is 182 Å². The van der Waals surface area contributed by atoms with Crippen molar-refractivity contribution in [2.75, 3.05) is 0 Å². The number of fused-ring (bicyclic) bond motifs is 9. The largest absolute Gasteiger partial charge is 0.308 e. The van der Waals surface area contributed by atoms with Gasteiger partial charge in [-0.3, -0.25) is 4.57 Å². The maximum atomic E-state index is 5.53. The highest BCUT2D eigenvalue weighted by Crippen LogP contribution is 2.45. The smallest absolute Gasteiger partial charge is 0.235 e. The van der Waals surface area contributed by atoms with Gasteiger partial charge in [-0.25, -0.2) is 9.97 Å². The highest BCUT2D eigenvalue weighted by molar-refractivity contribution is 6.31. The van der Waals surface area contributed by atoms with Gasteiger partial charge >= 0.3 is 0 Å². The third-order valence-corrected chi connectivity index (χ3v) is 12.0. The number of hydrogen-bond acceptors (Lipinski definition) is 2. The molecule has 4 aromatic heterocycles. The van der Waals surface area contributed by atoms with Crippen LogP contribution in [0, 0.1) is 0 Å². The van der Waals surface area contributed by atoms with Crippen molar-refractivity contribution in [1.82, 2.24) is 18.9 Å². The second-order valence-corrected chi connectivity index (χ2v) is 15.0. The molecule has 4 heteroatoms. The Labute approximate surface area is 320 Å². The van der Waals surface area contributed by atoms with Gasteiger partial charge in [0.1, 0.15) is 0 Å². The van der Waals surface area contributed by atoms with E-state index >= 15 is 0 Å². The van der Waals surface area contributed by atoms with Gasteiger partial charge in [0.15, 0.2) is 0 Å². The van der Waals surface area contributed by atoms with Gasteiger partial charge in [-0.05, 0) is 69.1 Å². The molecular weight excluding hydrogens is 681 g/mol. The molecule has 0 saturated carbocycles. The summed E-state index contributed by atoms with van der Waals surface area (Å²) in [5.41, 5.74) is 11.1. The monoisotopic (exact) mass is 710 g/mol. The molecule has 0 amide bonds. The summed E-state index contributed by atoms with van der Waals surface area (Å²) in [4.78, 5) is 11.0. The average Bonchev–Trinajstić information content (AvgIpc) is 3.73. The van der Waals surface area contributed by atoms with Crippen molar-refractivity contribution in [3.63, 3.8) is 0 Å². The molecular formula is C52H30N4. The Morgan fingerprint density at radius 1 is 0.339 bits per heavy atom. The summed E-state index contributed by atoms with van der Waals surface area (Å²) in [6.45, 7) is 0. The topological polar surface area (TPSA) is 35.1 Å². The van der Waals surface area contributed by atoms with Gasteiger partial charge in [0.2, 0.25) is 5.95 Å². The quantitative estimate of drug-likeness (QED) is 0.171. The molecule has 0 bridgehead atoms. The first-order valence-corrected chi connectivity index (χ1v) is 19.2. The minimum atomic E-state index is 0.660. The number of para-hydroxylation sites is 1. The standard InChI is InChI=1S/C52H30N4/c1-2-11-31(12-3-1)32-23-25-34(26-24-32)49-41-28-27-33-13-6-7-16-37(33)50(41)54-52(53-49)56-43-20-9-17-38-39-18-8-19-40-42-29-35-14-4-5-15-36(35)30-46(42)55(51(39)40)44-21-10-22-45(56)48(44)47(38)43/h1-30H. The third-order valence-electron chi connectivity index (χ3n) is 12.0. The molecule has 0 aliphatic rings. The van der Waals surface area contributed by atoms with Crippen LogP contribution in [-0.4, -0.2) is 18.9 Å². The Morgan fingerprint density at radius 2 is 0.946 bits per heavy atom. The lowest BCUT2D eigenvalue weighted by Gasteiger charge is -2.14. The van der Waals surface area contributed by atoms with Crippen LogP contribution in [0.4, 0.5) is 0 Å². The summed E-state index contributed by atoms with van der Waals surface area (Å²) in [6, 6.07) is 65.9. The number of benzene rings is 9. The second-order valence-electron chi connectivity index (χ2n) is 15.0. The van der Waals surface area contributed by atoms with Crippen molar-refractivity contribution in [3.8, 4) is 28.3 Å². The second kappa shape index (κ2) is 11.0. The van der Waals surface area contributed by atoms with Gasteiger partial charge in [0.05, 0.1) is 38.8 Å². The van der Waals surface area contributed by atoms with Gasteiger partial charge in [-0.1, -0.05) is 146 Å². The summed E-state index contributed by atoms with van der Waals surface area (Å²) in [6.07, 6.45) is 0. The Hall–Kier alpha value is -7.56. The van der Waals surface area contributed by atoms with Crippen LogP contribution in [-0.2, 0) is 0 Å². The molecule has 0 aliphatic heterocycles. The molecule has 13 rings (SSSR count). The Kier molecular flexibility index (Phi) is 5.86. The maximum absolute atomic E-state index is 5.53. The molecule has 0 saturated heterocycles. The van der Waals surface area contributed by atoms with Crippen molar-refractivity contribution in [1.29, 1.82) is 0 Å². The Bertz CT molecular complexity index is 3740. The summed E-state index contributed by atoms with van der Waals surface area (Å²) in [5.74, 6) is 0.660. The lowest BCUT2D eigenvalue weighted by molar-refractivity contribution is 1.02. The molecule has 0 aliphatic carbocycles. The normalized spacial score (nSPS) is 12.3. The van der Waals surface area contributed by atoms with Gasteiger partial charge in [-0.15, -0.1) is 0 Å². The van der Waals surface area contributed by atoms with Crippen molar-refractivity contribution in [2.45, 2.75) is 0 Å². The van der Waals surface area contributed by atoms with Crippen LogP contribution in [0.25, 0.3) is 121 Å². The SMILES string of the molecule is c1ccc(-c2ccc(-c3nc(-n4c5cccc6c7cccc8c9cc%10ccccc%10cc9n(c9cccc4c9c65)c78)nc4c3ccc3ccccc34)cc2)cc1. The van der Waals surface area contributed by atoms with E-state index < -0.39 is 0 Å². The molecule has 258 valence electrons. The van der Waals surface area contributed by atoms with Crippen molar-refractivity contribution < 1.29 is 0 Å². The van der Waals surface area contributed by atoms with E-state index in [4.69, 9.17) is 9.97 Å². The summed E-state index contributed by atoms with van der Waals surface area (Å²) in [5, 5.41) is 13.2. The summed E-state index contributed by atoms with van der Waals surface area (Å²) < 4.78 is 4.81. The van der Waals surface area contributed by atoms with E-state index in [1.165, 1.54) is 70.8 Å². The molecule has 56 heavy (non-hydrogen) atoms. The maximum Gasteiger partial charge on any atom is 0.235 e. The van der Waals surface area contributed by atoms with Crippen LogP contribution in [0.5, 0.6) is 0 Å². The summed E-state index contributed by atoms with van der Waals surface area (Å²) >= 11 is 0. The predicted molar refractivity (Wildman–Crippen MR) is 234 cm³/mol. The lowest BCUT2D eigenvalue weighted by Crippen LogP contribution is -2.04. The van der Waals surface area contributed by atoms with E-state index in [2.05, 4.69) is 191 Å². The third kappa shape index (κ3) is 3.97. The average molecular weight is 711 g/mol. The van der Waals surface area contributed by atoms with Gasteiger partial charge < -0.3 is 4.40 Å². The van der Waals surface area contributed by atoms with Crippen molar-refractivity contribution in [3.05, 3.63) is 182 Å². The number of rotatable bonds is 3.